The largest absolute Gasteiger partial charge is 0.326 e. The van der Waals surface area contributed by atoms with Crippen molar-refractivity contribution in [1.82, 2.24) is 14.9 Å². The first kappa shape index (κ1) is 17.7. The molecule has 2 unspecified atom stereocenters. The maximum absolute atomic E-state index is 5.20. The number of hydrogen-bond donors (Lipinski definition) is 1. The third-order valence-corrected chi connectivity index (χ3v) is 6.66. The molecule has 2 aliphatic rings. The zero-order valence-electron chi connectivity index (χ0n) is 17.0. The molecular weight excluding hydrogens is 366 g/mol. The number of hydrogen-bond acceptors (Lipinski definition) is 2. The van der Waals surface area contributed by atoms with Crippen molar-refractivity contribution in [2.45, 2.75) is 24.8 Å². The van der Waals surface area contributed by atoms with Crippen LogP contribution in [-0.4, -0.2) is 22.6 Å². The summed E-state index contributed by atoms with van der Waals surface area (Å²) >= 11 is 0. The monoisotopic (exact) mass is 391 g/mol. The summed E-state index contributed by atoms with van der Waals surface area (Å²) in [5.74, 6) is 1.71. The zero-order valence-corrected chi connectivity index (χ0v) is 17.0. The van der Waals surface area contributed by atoms with Crippen LogP contribution in [0, 0.1) is 0 Å². The first-order valence-electron chi connectivity index (χ1n) is 10.9. The van der Waals surface area contributed by atoms with Gasteiger partial charge in [0, 0.05) is 19.0 Å². The molecule has 0 saturated carbocycles. The van der Waals surface area contributed by atoms with Gasteiger partial charge in [-0.2, -0.15) is 0 Å². The number of nitrogens with zero attached hydrogens (tertiary/aromatic N) is 2. The summed E-state index contributed by atoms with van der Waals surface area (Å²) in [4.78, 5) is 5.20. The Kier molecular flexibility index (Phi) is 4.28. The summed E-state index contributed by atoms with van der Waals surface area (Å²) in [6, 6.07) is 28.6. The summed E-state index contributed by atoms with van der Waals surface area (Å²) < 4.78 is 2.49. The van der Waals surface area contributed by atoms with Gasteiger partial charge in [0.15, 0.2) is 0 Å². The fraction of sp³-hybridized carbons (Fsp3) is 0.222. The maximum atomic E-state index is 5.20. The van der Waals surface area contributed by atoms with Gasteiger partial charge in [-0.25, -0.2) is 4.98 Å². The summed E-state index contributed by atoms with van der Waals surface area (Å²) in [6.45, 7) is 2.89. The van der Waals surface area contributed by atoms with Crippen molar-refractivity contribution < 1.29 is 0 Å². The Morgan fingerprint density at radius 2 is 1.60 bits per heavy atom. The van der Waals surface area contributed by atoms with Crippen molar-refractivity contribution >= 4 is 11.0 Å². The van der Waals surface area contributed by atoms with Crippen molar-refractivity contribution in [1.29, 1.82) is 0 Å². The van der Waals surface area contributed by atoms with Crippen LogP contribution in [0.25, 0.3) is 11.0 Å². The number of benzene rings is 3. The van der Waals surface area contributed by atoms with Crippen LogP contribution >= 0.6 is 0 Å². The molecule has 0 fully saturated rings. The number of aromatic nitrogens is 2. The Balaban J connectivity index is 1.65. The molecule has 1 aromatic heterocycles. The van der Waals surface area contributed by atoms with Crippen molar-refractivity contribution in [3.05, 3.63) is 113 Å². The second-order valence-corrected chi connectivity index (χ2v) is 8.33. The minimum atomic E-state index is 0.212. The zero-order chi connectivity index (χ0) is 19.9. The SMILES string of the molecule is C1=C(C2c3ccccc3C(c3ccccc3)Cn3c2nc2ccccc23)CCNC1. The van der Waals surface area contributed by atoms with Gasteiger partial charge in [-0.1, -0.05) is 78.4 Å². The highest BCUT2D eigenvalue weighted by molar-refractivity contribution is 5.77. The van der Waals surface area contributed by atoms with Gasteiger partial charge in [-0.15, -0.1) is 0 Å². The highest BCUT2D eigenvalue weighted by Crippen LogP contribution is 2.44. The molecule has 1 N–H and O–H groups in total. The van der Waals surface area contributed by atoms with Crippen LogP contribution in [0.4, 0.5) is 0 Å². The standard InChI is InChI=1S/C27H25N3/c1-2-8-19(9-3-1)23-18-30-25-13-7-6-12-24(25)29-27(30)26(20-14-16-28-17-15-20)22-11-5-4-10-21(22)23/h1-14,23,26,28H,15-18H2. The molecule has 30 heavy (non-hydrogen) atoms. The minimum Gasteiger partial charge on any atom is -0.326 e. The highest BCUT2D eigenvalue weighted by Gasteiger charge is 2.34. The number of para-hydroxylation sites is 2. The van der Waals surface area contributed by atoms with Gasteiger partial charge in [0.1, 0.15) is 5.82 Å². The van der Waals surface area contributed by atoms with E-state index in [4.69, 9.17) is 4.98 Å². The molecule has 148 valence electrons. The van der Waals surface area contributed by atoms with Crippen LogP contribution < -0.4 is 5.32 Å². The first-order chi connectivity index (χ1) is 14.9. The van der Waals surface area contributed by atoms with E-state index >= 15 is 0 Å². The minimum absolute atomic E-state index is 0.212. The summed E-state index contributed by atoms with van der Waals surface area (Å²) in [5.41, 5.74) is 8.04. The lowest BCUT2D eigenvalue weighted by atomic mass is 9.81. The average Bonchev–Trinajstić information content (AvgIpc) is 3.10. The normalized spacial score (nSPS) is 20.9. The van der Waals surface area contributed by atoms with Crippen molar-refractivity contribution in [2.75, 3.05) is 13.1 Å². The smallest absolute Gasteiger partial charge is 0.121 e. The van der Waals surface area contributed by atoms with E-state index in [1.807, 2.05) is 0 Å². The quantitative estimate of drug-likeness (QED) is 0.474. The molecular formula is C27H25N3. The molecule has 3 aromatic carbocycles. The molecule has 0 aliphatic carbocycles. The van der Waals surface area contributed by atoms with E-state index < -0.39 is 0 Å². The van der Waals surface area contributed by atoms with Gasteiger partial charge < -0.3 is 9.88 Å². The molecule has 0 bridgehead atoms. The third kappa shape index (κ3) is 2.81. The van der Waals surface area contributed by atoms with E-state index in [-0.39, 0.29) is 5.92 Å². The van der Waals surface area contributed by atoms with Gasteiger partial charge in [0.25, 0.3) is 0 Å². The highest BCUT2D eigenvalue weighted by atomic mass is 15.1. The molecule has 0 amide bonds. The topological polar surface area (TPSA) is 29.9 Å². The van der Waals surface area contributed by atoms with Gasteiger partial charge in [-0.3, -0.25) is 0 Å². The second-order valence-electron chi connectivity index (χ2n) is 8.33. The number of imidazole rings is 1. The maximum Gasteiger partial charge on any atom is 0.121 e. The number of fused-ring (bicyclic) bond motifs is 4. The first-order valence-corrected chi connectivity index (χ1v) is 10.9. The molecule has 0 saturated heterocycles. The lowest BCUT2D eigenvalue weighted by molar-refractivity contribution is 0.615. The van der Waals surface area contributed by atoms with Crippen molar-refractivity contribution in [3.63, 3.8) is 0 Å². The molecule has 2 atom stereocenters. The molecule has 3 nitrogen and oxygen atoms in total. The third-order valence-electron chi connectivity index (χ3n) is 6.66. The van der Waals surface area contributed by atoms with E-state index in [2.05, 4.69) is 94.8 Å². The molecule has 3 heterocycles. The molecule has 6 rings (SSSR count). The van der Waals surface area contributed by atoms with E-state index in [1.54, 1.807) is 0 Å². The van der Waals surface area contributed by atoms with Crippen molar-refractivity contribution in [2.24, 2.45) is 0 Å². The molecule has 4 aromatic rings. The summed E-state index contributed by atoms with van der Waals surface area (Å²) in [6.07, 6.45) is 3.45. The van der Waals surface area contributed by atoms with Gasteiger partial charge in [-0.05, 0) is 41.8 Å². The van der Waals surface area contributed by atoms with Gasteiger partial charge >= 0.3 is 0 Å². The van der Waals surface area contributed by atoms with Crippen LogP contribution in [0.5, 0.6) is 0 Å². The van der Waals surface area contributed by atoms with Crippen LogP contribution in [0.2, 0.25) is 0 Å². The molecule has 0 spiro atoms. The van der Waals surface area contributed by atoms with Crippen LogP contribution in [-0.2, 0) is 6.54 Å². The fourth-order valence-electron chi connectivity index (χ4n) is 5.26. The molecule has 2 aliphatic heterocycles. The number of rotatable bonds is 2. The summed E-state index contributed by atoms with van der Waals surface area (Å²) in [7, 11) is 0. The van der Waals surface area contributed by atoms with E-state index in [0.717, 1.165) is 31.6 Å². The molecule has 3 heteroatoms. The Labute approximate surface area is 177 Å². The Bertz CT molecular complexity index is 1240. The van der Waals surface area contributed by atoms with Crippen LogP contribution in [0.3, 0.4) is 0 Å². The van der Waals surface area contributed by atoms with Gasteiger partial charge in [0.05, 0.1) is 17.0 Å². The molecule has 0 radical (unpaired) electrons. The summed E-state index contributed by atoms with van der Waals surface area (Å²) in [5, 5.41) is 3.47. The lowest BCUT2D eigenvalue weighted by Gasteiger charge is -2.25. The van der Waals surface area contributed by atoms with Crippen LogP contribution in [0.15, 0.2) is 90.5 Å². The fourth-order valence-corrected chi connectivity index (χ4v) is 5.26. The number of nitrogens with one attached hydrogen (secondary N) is 1. The Morgan fingerprint density at radius 3 is 2.43 bits per heavy atom. The van der Waals surface area contributed by atoms with Gasteiger partial charge in [0.2, 0.25) is 0 Å². The Hall–Kier alpha value is -3.17. The van der Waals surface area contributed by atoms with E-state index in [9.17, 15) is 0 Å². The van der Waals surface area contributed by atoms with Crippen LogP contribution in [0.1, 0.15) is 40.8 Å². The Morgan fingerprint density at radius 1 is 0.833 bits per heavy atom. The predicted octanol–water partition coefficient (Wildman–Crippen LogP) is 5.23. The van der Waals surface area contributed by atoms with E-state index in [0.29, 0.717) is 5.92 Å². The predicted molar refractivity (Wildman–Crippen MR) is 122 cm³/mol. The average molecular weight is 392 g/mol. The second kappa shape index (κ2) is 7.26. The lowest BCUT2D eigenvalue weighted by Crippen LogP contribution is -2.24. The van der Waals surface area contributed by atoms with E-state index in [1.165, 1.54) is 33.6 Å². The van der Waals surface area contributed by atoms with Crippen molar-refractivity contribution in [3.8, 4) is 0 Å².